The first-order valence-electron chi connectivity index (χ1n) is 11.2. The highest BCUT2D eigenvalue weighted by molar-refractivity contribution is 7.13. The van der Waals surface area contributed by atoms with E-state index in [1.807, 2.05) is 36.4 Å². The molecule has 0 bridgehead atoms. The number of nitrogens with zero attached hydrogens (tertiary/aromatic N) is 3. The average Bonchev–Trinajstić information content (AvgIpc) is 3.46. The van der Waals surface area contributed by atoms with Gasteiger partial charge in [0.1, 0.15) is 16.9 Å². The second-order valence-electron chi connectivity index (χ2n) is 8.42. The van der Waals surface area contributed by atoms with Crippen LogP contribution in [0, 0.1) is 0 Å². The third-order valence-corrected chi connectivity index (χ3v) is 6.97. The van der Waals surface area contributed by atoms with Crippen molar-refractivity contribution in [3.05, 3.63) is 71.2 Å². The van der Waals surface area contributed by atoms with Crippen LogP contribution in [0.1, 0.15) is 11.3 Å². The predicted octanol–water partition coefficient (Wildman–Crippen LogP) is 3.05. The summed E-state index contributed by atoms with van der Waals surface area (Å²) in [5.74, 6) is 1.02. The summed E-state index contributed by atoms with van der Waals surface area (Å²) < 4.78 is 5.91. The van der Waals surface area contributed by atoms with Crippen molar-refractivity contribution in [1.82, 2.24) is 20.1 Å². The molecule has 0 radical (unpaired) electrons. The Balaban J connectivity index is 1.02. The van der Waals surface area contributed by atoms with E-state index in [4.69, 9.17) is 9.72 Å². The van der Waals surface area contributed by atoms with Crippen LogP contribution in [0.25, 0.3) is 10.6 Å². The van der Waals surface area contributed by atoms with E-state index in [0.29, 0.717) is 13.1 Å². The van der Waals surface area contributed by atoms with E-state index >= 15 is 0 Å². The number of thiazole rings is 1. The molecular formula is C25H28N4O2S. The summed E-state index contributed by atoms with van der Waals surface area (Å²) in [6.45, 7) is 5.56. The van der Waals surface area contributed by atoms with Crippen molar-refractivity contribution in [3.8, 4) is 16.3 Å². The van der Waals surface area contributed by atoms with E-state index in [-0.39, 0.29) is 12.0 Å². The molecule has 2 aliphatic rings. The fourth-order valence-electron chi connectivity index (χ4n) is 4.28. The molecule has 1 aromatic heterocycles. The Hall–Kier alpha value is -2.74. The van der Waals surface area contributed by atoms with Crippen LogP contribution in [-0.4, -0.2) is 66.1 Å². The predicted molar refractivity (Wildman–Crippen MR) is 127 cm³/mol. The highest BCUT2D eigenvalue weighted by atomic mass is 32.1. The molecule has 1 saturated heterocycles. The van der Waals surface area contributed by atoms with Crippen LogP contribution in [0.2, 0.25) is 0 Å². The largest absolute Gasteiger partial charge is 0.488 e. The summed E-state index contributed by atoms with van der Waals surface area (Å²) in [4.78, 5) is 21.9. The average molecular weight is 449 g/mol. The zero-order valence-electron chi connectivity index (χ0n) is 18.1. The third kappa shape index (κ3) is 5.18. The van der Waals surface area contributed by atoms with Crippen LogP contribution in [0.4, 0.5) is 0 Å². The lowest BCUT2D eigenvalue weighted by atomic mass is 10.1. The van der Waals surface area contributed by atoms with Crippen LogP contribution >= 0.6 is 11.3 Å². The maximum absolute atomic E-state index is 12.4. The minimum Gasteiger partial charge on any atom is -0.488 e. The Bertz CT molecular complexity index is 1020. The summed E-state index contributed by atoms with van der Waals surface area (Å²) >= 11 is 1.70. The van der Waals surface area contributed by atoms with E-state index in [1.54, 1.807) is 11.3 Å². The number of carbonyl (C=O) groups is 1. The SMILES string of the molecule is O=C(CN1CCN(Cc2csc(-c3ccccc3)n2)CC1)NCC1Cc2ccccc2O1. The van der Waals surface area contributed by atoms with Gasteiger partial charge in [-0.3, -0.25) is 14.6 Å². The first-order chi connectivity index (χ1) is 15.7. The van der Waals surface area contributed by atoms with Gasteiger partial charge >= 0.3 is 0 Å². The van der Waals surface area contributed by atoms with Crippen LogP contribution < -0.4 is 10.1 Å². The Morgan fingerprint density at radius 1 is 1.03 bits per heavy atom. The zero-order chi connectivity index (χ0) is 21.8. The molecule has 3 heterocycles. The quantitative estimate of drug-likeness (QED) is 0.602. The van der Waals surface area contributed by atoms with Gasteiger partial charge in [0, 0.05) is 50.1 Å². The normalized spacial score (nSPS) is 18.8. The Morgan fingerprint density at radius 2 is 1.78 bits per heavy atom. The minimum absolute atomic E-state index is 0.0343. The van der Waals surface area contributed by atoms with Crippen LogP contribution in [0.15, 0.2) is 60.0 Å². The summed E-state index contributed by atoms with van der Waals surface area (Å²) in [6, 6.07) is 18.4. The fraction of sp³-hybridized carbons (Fsp3) is 0.360. The summed E-state index contributed by atoms with van der Waals surface area (Å²) in [5, 5.41) is 6.28. The highest BCUT2D eigenvalue weighted by Gasteiger charge is 2.24. The maximum Gasteiger partial charge on any atom is 0.234 e. The number of rotatable bonds is 7. The van der Waals surface area contributed by atoms with Crippen LogP contribution in [-0.2, 0) is 17.8 Å². The van der Waals surface area contributed by atoms with Crippen molar-refractivity contribution in [3.63, 3.8) is 0 Å². The number of para-hydroxylation sites is 1. The molecule has 1 amide bonds. The molecule has 0 aliphatic carbocycles. The van der Waals surface area contributed by atoms with E-state index in [0.717, 1.165) is 55.6 Å². The standard InChI is InChI=1S/C25H28N4O2S/c30-24(26-15-22-14-20-8-4-5-9-23(20)31-22)17-29-12-10-28(11-13-29)16-21-18-32-25(27-21)19-6-2-1-3-7-19/h1-9,18,22H,10-17H2,(H,26,30). The summed E-state index contributed by atoms with van der Waals surface area (Å²) in [7, 11) is 0. The Labute approximate surface area is 192 Å². The van der Waals surface area contributed by atoms with Gasteiger partial charge in [0.15, 0.2) is 0 Å². The number of hydrogen-bond donors (Lipinski definition) is 1. The van der Waals surface area contributed by atoms with Crippen molar-refractivity contribution < 1.29 is 9.53 Å². The van der Waals surface area contributed by atoms with Crippen LogP contribution in [0.5, 0.6) is 5.75 Å². The zero-order valence-corrected chi connectivity index (χ0v) is 18.9. The van der Waals surface area contributed by atoms with Gasteiger partial charge < -0.3 is 10.1 Å². The van der Waals surface area contributed by atoms with Crippen molar-refractivity contribution in [1.29, 1.82) is 0 Å². The fourth-order valence-corrected chi connectivity index (χ4v) is 5.10. The van der Waals surface area contributed by atoms with Crippen molar-refractivity contribution in [2.75, 3.05) is 39.3 Å². The van der Waals surface area contributed by atoms with E-state index < -0.39 is 0 Å². The lowest BCUT2D eigenvalue weighted by Gasteiger charge is -2.33. The number of hydrogen-bond acceptors (Lipinski definition) is 6. The smallest absolute Gasteiger partial charge is 0.234 e. The molecule has 2 aliphatic heterocycles. The monoisotopic (exact) mass is 448 g/mol. The van der Waals surface area contributed by atoms with E-state index in [1.165, 1.54) is 11.1 Å². The minimum atomic E-state index is 0.0343. The highest BCUT2D eigenvalue weighted by Crippen LogP contribution is 2.27. The first-order valence-corrected chi connectivity index (χ1v) is 12.1. The molecule has 7 heteroatoms. The van der Waals surface area contributed by atoms with E-state index in [9.17, 15) is 4.79 Å². The van der Waals surface area contributed by atoms with Crippen molar-refractivity contribution in [2.24, 2.45) is 0 Å². The molecule has 6 nitrogen and oxygen atoms in total. The first kappa shape index (κ1) is 21.1. The second-order valence-corrected chi connectivity index (χ2v) is 9.28. The molecule has 32 heavy (non-hydrogen) atoms. The maximum atomic E-state index is 12.4. The van der Waals surface area contributed by atoms with Gasteiger partial charge in [-0.25, -0.2) is 4.98 Å². The molecule has 1 unspecified atom stereocenters. The summed E-state index contributed by atoms with van der Waals surface area (Å²) in [6.07, 6.45) is 0.893. The lowest BCUT2D eigenvalue weighted by Crippen LogP contribution is -2.49. The number of aromatic nitrogens is 1. The van der Waals surface area contributed by atoms with Gasteiger partial charge in [0.05, 0.1) is 18.8 Å². The Kier molecular flexibility index (Phi) is 6.48. The number of fused-ring (bicyclic) bond motifs is 1. The second kappa shape index (κ2) is 9.81. The Morgan fingerprint density at radius 3 is 2.59 bits per heavy atom. The molecule has 1 N–H and O–H groups in total. The number of nitrogens with one attached hydrogen (secondary N) is 1. The molecule has 0 spiro atoms. The molecular weight excluding hydrogens is 420 g/mol. The molecule has 0 saturated carbocycles. The third-order valence-electron chi connectivity index (χ3n) is 6.03. The van der Waals surface area contributed by atoms with Gasteiger partial charge in [-0.05, 0) is 11.6 Å². The number of amides is 1. The van der Waals surface area contributed by atoms with Gasteiger partial charge in [-0.1, -0.05) is 48.5 Å². The molecule has 2 aromatic carbocycles. The summed E-state index contributed by atoms with van der Waals surface area (Å²) in [5.41, 5.74) is 3.52. The number of ether oxygens (including phenoxy) is 1. The van der Waals surface area contributed by atoms with Crippen molar-refractivity contribution in [2.45, 2.75) is 19.1 Å². The van der Waals surface area contributed by atoms with Crippen molar-refractivity contribution >= 4 is 17.2 Å². The van der Waals surface area contributed by atoms with E-state index in [2.05, 4.69) is 38.7 Å². The number of piperazine rings is 1. The van der Waals surface area contributed by atoms with Gasteiger partial charge in [-0.2, -0.15) is 0 Å². The van der Waals surface area contributed by atoms with Gasteiger partial charge in [-0.15, -0.1) is 11.3 Å². The van der Waals surface area contributed by atoms with Gasteiger partial charge in [0.25, 0.3) is 0 Å². The molecule has 1 fully saturated rings. The van der Waals surface area contributed by atoms with Gasteiger partial charge in [0.2, 0.25) is 5.91 Å². The number of benzene rings is 2. The topological polar surface area (TPSA) is 57.7 Å². The molecule has 166 valence electrons. The van der Waals surface area contributed by atoms with Crippen LogP contribution in [0.3, 0.4) is 0 Å². The number of carbonyl (C=O) groups excluding carboxylic acids is 1. The molecule has 3 aromatic rings. The molecule has 5 rings (SSSR count). The lowest BCUT2D eigenvalue weighted by molar-refractivity contribution is -0.123. The molecule has 1 atom stereocenters.